The molecule has 1 amide bonds. The van der Waals surface area contributed by atoms with Gasteiger partial charge in [-0.15, -0.1) is 11.3 Å². The Morgan fingerprint density at radius 1 is 1.07 bits per heavy atom. The number of carbonyl (C=O) groups excluding carboxylic acids is 1. The Balaban J connectivity index is 1.56. The van der Waals surface area contributed by atoms with Crippen molar-refractivity contribution < 1.29 is 14.3 Å². The topological polar surface area (TPSA) is 40.5 Å². The lowest BCUT2D eigenvalue weighted by Crippen LogP contribution is -2.41. The van der Waals surface area contributed by atoms with Crippen molar-refractivity contribution in [1.29, 1.82) is 0 Å². The summed E-state index contributed by atoms with van der Waals surface area (Å²) < 4.78 is 15.2. The van der Waals surface area contributed by atoms with Crippen LogP contribution in [-0.4, -0.2) is 22.5 Å². The van der Waals surface area contributed by atoms with Crippen LogP contribution in [0, 0.1) is 5.82 Å². The van der Waals surface area contributed by atoms with Crippen LogP contribution >= 0.6 is 11.3 Å². The van der Waals surface area contributed by atoms with Crippen molar-refractivity contribution in [1.82, 2.24) is 4.90 Å². The summed E-state index contributed by atoms with van der Waals surface area (Å²) in [6.07, 6.45) is 1.01. The Hall–Kier alpha value is -3.18. The minimum Gasteiger partial charge on any atom is -0.508 e. The van der Waals surface area contributed by atoms with Crippen molar-refractivity contribution in [3.63, 3.8) is 0 Å². The van der Waals surface area contributed by atoms with Gasteiger partial charge in [0.2, 0.25) is 5.91 Å². The van der Waals surface area contributed by atoms with Crippen molar-refractivity contribution in [2.24, 2.45) is 0 Å². The Morgan fingerprint density at radius 3 is 2.77 bits per heavy atom. The zero-order valence-corrected chi connectivity index (χ0v) is 17.0. The number of hydrogen-bond donors (Lipinski definition) is 1. The number of benzene rings is 3. The minimum atomic E-state index is -0.511. The smallest absolute Gasteiger partial charge is 0.227 e. The van der Waals surface area contributed by atoms with E-state index in [9.17, 15) is 14.3 Å². The van der Waals surface area contributed by atoms with Crippen molar-refractivity contribution in [2.75, 3.05) is 6.54 Å². The molecular formula is C25H20FNO2S. The summed E-state index contributed by atoms with van der Waals surface area (Å²) >= 11 is 1.63. The van der Waals surface area contributed by atoms with Crippen molar-refractivity contribution in [3.8, 4) is 5.75 Å². The second kappa shape index (κ2) is 7.58. The molecule has 2 heterocycles. The summed E-state index contributed by atoms with van der Waals surface area (Å²) in [5, 5.41) is 13.6. The lowest BCUT2D eigenvalue weighted by atomic mass is 9.87. The summed E-state index contributed by atoms with van der Waals surface area (Å²) in [5.41, 5.74) is 3.48. The van der Waals surface area contributed by atoms with E-state index in [0.29, 0.717) is 12.1 Å². The van der Waals surface area contributed by atoms with Crippen LogP contribution < -0.4 is 0 Å². The van der Waals surface area contributed by atoms with Gasteiger partial charge in [-0.05, 0) is 58.1 Å². The van der Waals surface area contributed by atoms with E-state index in [1.165, 1.54) is 18.2 Å². The van der Waals surface area contributed by atoms with Crippen molar-refractivity contribution >= 4 is 27.3 Å². The summed E-state index contributed by atoms with van der Waals surface area (Å²) in [7, 11) is 0. The molecule has 0 fully saturated rings. The monoisotopic (exact) mass is 417 g/mol. The van der Waals surface area contributed by atoms with E-state index >= 15 is 0 Å². The maximum Gasteiger partial charge on any atom is 0.227 e. The number of hydrogen-bond acceptors (Lipinski definition) is 3. The first kappa shape index (κ1) is 18.8. The average Bonchev–Trinajstić information content (AvgIpc) is 3.17. The van der Waals surface area contributed by atoms with E-state index in [1.807, 2.05) is 47.8 Å². The molecule has 3 aromatic carbocycles. The molecule has 5 rings (SSSR count). The number of carbonyl (C=O) groups is 1. The SMILES string of the molecule is O=C(Cc1csc2ccccc12)N1CCc2ccccc2C1c1cc(F)ccc1O. The maximum absolute atomic E-state index is 14.1. The molecule has 1 aliphatic heterocycles. The number of amides is 1. The van der Waals surface area contributed by atoms with Gasteiger partial charge in [-0.3, -0.25) is 4.79 Å². The van der Waals surface area contributed by atoms with Crippen LogP contribution in [0.15, 0.2) is 72.1 Å². The maximum atomic E-state index is 14.1. The first-order chi connectivity index (χ1) is 14.6. The number of fused-ring (bicyclic) bond motifs is 2. The fourth-order valence-electron chi connectivity index (χ4n) is 4.35. The molecule has 4 aromatic rings. The van der Waals surface area contributed by atoms with E-state index in [0.717, 1.165) is 33.2 Å². The molecule has 150 valence electrons. The fourth-order valence-corrected chi connectivity index (χ4v) is 5.31. The Kier molecular flexibility index (Phi) is 4.75. The molecule has 30 heavy (non-hydrogen) atoms. The number of phenols is 1. The van der Waals surface area contributed by atoms with E-state index in [-0.39, 0.29) is 18.1 Å². The lowest BCUT2D eigenvalue weighted by Gasteiger charge is -2.38. The lowest BCUT2D eigenvalue weighted by molar-refractivity contribution is -0.132. The van der Waals surface area contributed by atoms with Gasteiger partial charge in [-0.1, -0.05) is 42.5 Å². The standard InChI is InChI=1S/C25H20FNO2S/c26-18-9-10-22(28)21(14-18)25-20-7-2-1-5-16(20)11-12-27(25)24(29)13-17-15-30-23-8-4-3-6-19(17)23/h1-10,14-15,25,28H,11-13H2. The number of rotatable bonds is 3. The predicted molar refractivity (Wildman–Crippen MR) is 117 cm³/mol. The van der Waals surface area contributed by atoms with E-state index in [1.54, 1.807) is 16.2 Å². The number of thiophene rings is 1. The first-order valence-electron chi connectivity index (χ1n) is 9.92. The van der Waals surface area contributed by atoms with Gasteiger partial charge in [-0.2, -0.15) is 0 Å². The number of halogens is 1. The Labute approximate surface area is 178 Å². The largest absolute Gasteiger partial charge is 0.508 e. The van der Waals surface area contributed by atoms with Crippen LogP contribution in [0.1, 0.15) is 28.3 Å². The fraction of sp³-hybridized carbons (Fsp3) is 0.160. The Morgan fingerprint density at radius 2 is 1.87 bits per heavy atom. The summed E-state index contributed by atoms with van der Waals surface area (Å²) in [6, 6.07) is 19.4. The predicted octanol–water partition coefficient (Wildman–Crippen LogP) is 5.46. The molecule has 1 aliphatic rings. The van der Waals surface area contributed by atoms with Gasteiger partial charge in [0.05, 0.1) is 12.5 Å². The van der Waals surface area contributed by atoms with Crippen LogP contribution in [-0.2, 0) is 17.6 Å². The molecule has 0 bridgehead atoms. The van der Waals surface area contributed by atoms with Crippen LogP contribution in [0.4, 0.5) is 4.39 Å². The van der Waals surface area contributed by atoms with Crippen LogP contribution in [0.2, 0.25) is 0 Å². The second-order valence-electron chi connectivity index (χ2n) is 7.58. The highest BCUT2D eigenvalue weighted by Gasteiger charge is 2.33. The molecule has 0 radical (unpaired) electrons. The van der Waals surface area contributed by atoms with Gasteiger partial charge < -0.3 is 10.0 Å². The molecule has 1 aromatic heterocycles. The van der Waals surface area contributed by atoms with E-state index in [4.69, 9.17) is 0 Å². The molecular weight excluding hydrogens is 397 g/mol. The third-order valence-corrected chi connectivity index (χ3v) is 6.80. The molecule has 0 saturated carbocycles. The molecule has 3 nitrogen and oxygen atoms in total. The molecule has 0 spiro atoms. The first-order valence-corrected chi connectivity index (χ1v) is 10.8. The molecule has 0 aliphatic carbocycles. The Bertz CT molecular complexity index is 1250. The highest BCUT2D eigenvalue weighted by molar-refractivity contribution is 7.17. The number of aromatic hydroxyl groups is 1. The molecule has 5 heteroatoms. The van der Waals surface area contributed by atoms with Crippen LogP contribution in [0.5, 0.6) is 5.75 Å². The zero-order chi connectivity index (χ0) is 20.7. The van der Waals surface area contributed by atoms with E-state index < -0.39 is 11.9 Å². The zero-order valence-electron chi connectivity index (χ0n) is 16.2. The van der Waals surface area contributed by atoms with Gasteiger partial charge in [0.25, 0.3) is 0 Å². The van der Waals surface area contributed by atoms with Crippen molar-refractivity contribution in [3.05, 3.63) is 100 Å². The van der Waals surface area contributed by atoms with Gasteiger partial charge in [0.1, 0.15) is 11.6 Å². The van der Waals surface area contributed by atoms with Gasteiger partial charge >= 0.3 is 0 Å². The molecule has 1 unspecified atom stereocenters. The normalized spacial score (nSPS) is 15.9. The highest BCUT2D eigenvalue weighted by Crippen LogP contribution is 2.39. The highest BCUT2D eigenvalue weighted by atomic mass is 32.1. The quantitative estimate of drug-likeness (QED) is 0.481. The minimum absolute atomic E-state index is 0.00288. The number of nitrogens with zero attached hydrogens (tertiary/aromatic N) is 1. The van der Waals surface area contributed by atoms with Crippen molar-refractivity contribution in [2.45, 2.75) is 18.9 Å². The molecule has 1 N–H and O–H groups in total. The van der Waals surface area contributed by atoms with Gasteiger partial charge in [0.15, 0.2) is 0 Å². The van der Waals surface area contributed by atoms with Crippen LogP contribution in [0.25, 0.3) is 10.1 Å². The average molecular weight is 418 g/mol. The number of phenolic OH excluding ortho intramolecular Hbond substituents is 1. The third kappa shape index (κ3) is 3.25. The van der Waals surface area contributed by atoms with Gasteiger partial charge in [0, 0.05) is 16.8 Å². The third-order valence-electron chi connectivity index (χ3n) is 5.79. The molecule has 0 saturated heterocycles. The summed E-state index contributed by atoms with van der Waals surface area (Å²) in [6.45, 7) is 0.526. The van der Waals surface area contributed by atoms with E-state index in [2.05, 4.69) is 6.07 Å². The second-order valence-corrected chi connectivity index (χ2v) is 8.49. The van der Waals surface area contributed by atoms with Crippen LogP contribution in [0.3, 0.4) is 0 Å². The van der Waals surface area contributed by atoms with Gasteiger partial charge in [-0.25, -0.2) is 4.39 Å². The summed E-state index contributed by atoms with van der Waals surface area (Å²) in [4.78, 5) is 15.2. The summed E-state index contributed by atoms with van der Waals surface area (Å²) in [5.74, 6) is -0.458. The molecule has 1 atom stereocenters.